The first-order chi connectivity index (χ1) is 11.5. The average molecular weight is 331 g/mol. The Kier molecular flexibility index (Phi) is 6.53. The minimum atomic E-state index is -0.971. The predicted octanol–water partition coefficient (Wildman–Crippen LogP) is 3.18. The van der Waals surface area contributed by atoms with Crippen LogP contribution in [-0.2, 0) is 16.1 Å². The van der Waals surface area contributed by atoms with Crippen molar-refractivity contribution in [2.45, 2.75) is 52.0 Å². The number of amides is 1. The fourth-order valence-electron chi connectivity index (χ4n) is 3.08. The molecule has 1 aliphatic carbocycles. The highest BCUT2D eigenvalue weighted by Gasteiger charge is 2.24. The number of carbonyl (C=O) groups excluding carboxylic acids is 2. The Bertz CT molecular complexity index is 586. The number of rotatable bonds is 7. The average Bonchev–Trinajstić information content (AvgIpc) is 2.58. The molecule has 0 aliphatic heterocycles. The number of carboxylic acids is 1. The molecule has 2 rings (SSSR count). The number of hydrogen-bond donors (Lipinski definition) is 2. The Labute approximate surface area is 142 Å². The van der Waals surface area contributed by atoms with Crippen molar-refractivity contribution >= 4 is 17.7 Å². The van der Waals surface area contributed by atoms with Gasteiger partial charge in [-0.15, -0.1) is 0 Å². The lowest BCUT2D eigenvalue weighted by atomic mass is 9.80. The Morgan fingerprint density at radius 1 is 1.04 bits per heavy atom. The van der Waals surface area contributed by atoms with E-state index in [1.165, 1.54) is 12.1 Å². The van der Waals surface area contributed by atoms with Gasteiger partial charge in [0.1, 0.15) is 5.78 Å². The molecule has 1 saturated carbocycles. The summed E-state index contributed by atoms with van der Waals surface area (Å²) in [6.07, 6.45) is 4.65. The summed E-state index contributed by atoms with van der Waals surface area (Å²) in [5.74, 6) is -0.0543. The molecule has 0 heterocycles. The molecule has 1 aromatic rings. The fourth-order valence-corrected chi connectivity index (χ4v) is 3.08. The molecule has 1 aliphatic rings. The molecule has 5 heteroatoms. The van der Waals surface area contributed by atoms with Crippen LogP contribution in [-0.4, -0.2) is 22.8 Å². The maximum Gasteiger partial charge on any atom is 0.335 e. The number of aromatic carboxylic acids is 1. The zero-order valence-electron chi connectivity index (χ0n) is 14.1. The second kappa shape index (κ2) is 8.62. The maximum atomic E-state index is 12.1. The van der Waals surface area contributed by atoms with Crippen LogP contribution in [0.1, 0.15) is 61.4 Å². The molecule has 0 aromatic heterocycles. The van der Waals surface area contributed by atoms with E-state index in [1.54, 1.807) is 12.1 Å². The van der Waals surface area contributed by atoms with Crippen LogP contribution in [0.15, 0.2) is 24.3 Å². The maximum absolute atomic E-state index is 12.1. The summed E-state index contributed by atoms with van der Waals surface area (Å²) in [5.41, 5.74) is 1.05. The smallest absolute Gasteiger partial charge is 0.335 e. The topological polar surface area (TPSA) is 83.5 Å². The molecule has 0 radical (unpaired) electrons. The lowest BCUT2D eigenvalue weighted by Crippen LogP contribution is -2.26. The van der Waals surface area contributed by atoms with E-state index in [-0.39, 0.29) is 29.6 Å². The summed E-state index contributed by atoms with van der Waals surface area (Å²) in [6.45, 7) is 2.56. The van der Waals surface area contributed by atoms with Gasteiger partial charge in [0.05, 0.1) is 5.56 Å². The van der Waals surface area contributed by atoms with Gasteiger partial charge in [-0.2, -0.15) is 0 Å². The summed E-state index contributed by atoms with van der Waals surface area (Å²) in [6, 6.07) is 6.38. The quantitative estimate of drug-likeness (QED) is 0.804. The van der Waals surface area contributed by atoms with Crippen LogP contribution in [0.3, 0.4) is 0 Å². The second-order valence-electron chi connectivity index (χ2n) is 6.70. The van der Waals surface area contributed by atoms with Crippen molar-refractivity contribution in [3.05, 3.63) is 35.4 Å². The lowest BCUT2D eigenvalue weighted by molar-refractivity contribution is -0.128. The second-order valence-corrected chi connectivity index (χ2v) is 6.70. The van der Waals surface area contributed by atoms with Crippen LogP contribution in [0.2, 0.25) is 0 Å². The van der Waals surface area contributed by atoms with Crippen molar-refractivity contribution in [1.29, 1.82) is 0 Å². The van der Waals surface area contributed by atoms with E-state index in [2.05, 4.69) is 12.2 Å². The number of nitrogens with one attached hydrogen (secondary N) is 1. The van der Waals surface area contributed by atoms with Gasteiger partial charge in [0.2, 0.25) is 5.91 Å². The molecule has 0 spiro atoms. The molecule has 24 heavy (non-hydrogen) atoms. The normalized spacial score (nSPS) is 20.4. The minimum absolute atomic E-state index is 0.137. The standard InChI is InChI=1S/C19H25NO4/c1-13-2-6-15(7-3-13)17(21)10-11-18(22)20-12-14-4-8-16(9-5-14)19(23)24/h4-5,8-9,13,15H,2-3,6-7,10-12H2,1H3,(H,20,22)(H,23,24). The summed E-state index contributed by atoms with van der Waals surface area (Å²) >= 11 is 0. The summed E-state index contributed by atoms with van der Waals surface area (Å²) in [4.78, 5) is 34.8. The highest BCUT2D eigenvalue weighted by molar-refractivity contribution is 5.87. The monoisotopic (exact) mass is 331 g/mol. The zero-order valence-corrected chi connectivity index (χ0v) is 14.1. The van der Waals surface area contributed by atoms with Gasteiger partial charge in [-0.1, -0.05) is 31.9 Å². The van der Waals surface area contributed by atoms with Gasteiger partial charge < -0.3 is 10.4 Å². The first-order valence-electron chi connectivity index (χ1n) is 8.57. The Hall–Kier alpha value is -2.17. The van der Waals surface area contributed by atoms with E-state index < -0.39 is 5.97 Å². The molecule has 0 bridgehead atoms. The molecule has 1 aromatic carbocycles. The van der Waals surface area contributed by atoms with Gasteiger partial charge in [0.15, 0.2) is 0 Å². The van der Waals surface area contributed by atoms with E-state index in [1.807, 2.05) is 0 Å². The van der Waals surface area contributed by atoms with Gasteiger partial charge in [0, 0.05) is 25.3 Å². The molecule has 0 unspecified atom stereocenters. The Morgan fingerprint density at radius 2 is 1.67 bits per heavy atom. The molecule has 0 saturated heterocycles. The van der Waals surface area contributed by atoms with Crippen molar-refractivity contribution in [3.63, 3.8) is 0 Å². The van der Waals surface area contributed by atoms with Crippen LogP contribution in [0.25, 0.3) is 0 Å². The molecular weight excluding hydrogens is 306 g/mol. The van der Waals surface area contributed by atoms with Gasteiger partial charge in [-0.05, 0) is 36.5 Å². The van der Waals surface area contributed by atoms with E-state index in [9.17, 15) is 14.4 Å². The Morgan fingerprint density at radius 3 is 2.25 bits per heavy atom. The van der Waals surface area contributed by atoms with Crippen LogP contribution in [0.4, 0.5) is 0 Å². The highest BCUT2D eigenvalue weighted by Crippen LogP contribution is 2.29. The van der Waals surface area contributed by atoms with Gasteiger partial charge in [0.25, 0.3) is 0 Å². The SMILES string of the molecule is CC1CCC(C(=O)CCC(=O)NCc2ccc(C(=O)O)cc2)CC1. The predicted molar refractivity (Wildman–Crippen MR) is 90.6 cm³/mol. The third-order valence-electron chi connectivity index (χ3n) is 4.76. The van der Waals surface area contributed by atoms with Gasteiger partial charge >= 0.3 is 5.97 Å². The molecule has 2 N–H and O–H groups in total. The number of carbonyl (C=O) groups is 3. The number of ketones is 1. The lowest BCUT2D eigenvalue weighted by Gasteiger charge is -2.24. The van der Waals surface area contributed by atoms with E-state index in [0.29, 0.717) is 18.9 Å². The first-order valence-corrected chi connectivity index (χ1v) is 8.57. The molecule has 1 fully saturated rings. The fraction of sp³-hybridized carbons (Fsp3) is 0.526. The molecule has 130 valence electrons. The summed E-state index contributed by atoms with van der Waals surface area (Å²) < 4.78 is 0. The zero-order chi connectivity index (χ0) is 17.5. The van der Waals surface area contributed by atoms with E-state index >= 15 is 0 Å². The minimum Gasteiger partial charge on any atom is -0.478 e. The van der Waals surface area contributed by atoms with Crippen molar-refractivity contribution in [2.24, 2.45) is 11.8 Å². The van der Waals surface area contributed by atoms with E-state index in [4.69, 9.17) is 5.11 Å². The van der Waals surface area contributed by atoms with Crippen LogP contribution >= 0.6 is 0 Å². The number of benzene rings is 1. The largest absolute Gasteiger partial charge is 0.478 e. The van der Waals surface area contributed by atoms with Crippen molar-refractivity contribution < 1.29 is 19.5 Å². The third kappa shape index (κ3) is 5.48. The molecule has 5 nitrogen and oxygen atoms in total. The van der Waals surface area contributed by atoms with Crippen molar-refractivity contribution in [2.75, 3.05) is 0 Å². The van der Waals surface area contributed by atoms with Crippen molar-refractivity contribution in [3.8, 4) is 0 Å². The summed E-state index contributed by atoms with van der Waals surface area (Å²) in [7, 11) is 0. The van der Waals surface area contributed by atoms with E-state index in [0.717, 1.165) is 31.2 Å². The number of Topliss-reactive ketones (excluding diaryl/α,β-unsaturated/α-hetero) is 1. The summed E-state index contributed by atoms with van der Waals surface area (Å²) in [5, 5.41) is 11.6. The molecule has 1 amide bonds. The third-order valence-corrected chi connectivity index (χ3v) is 4.76. The van der Waals surface area contributed by atoms with Crippen LogP contribution < -0.4 is 5.32 Å². The Balaban J connectivity index is 1.69. The van der Waals surface area contributed by atoms with Gasteiger partial charge in [-0.25, -0.2) is 4.79 Å². The van der Waals surface area contributed by atoms with Crippen LogP contribution in [0.5, 0.6) is 0 Å². The molecule has 0 atom stereocenters. The van der Waals surface area contributed by atoms with Crippen LogP contribution in [0, 0.1) is 11.8 Å². The number of hydrogen-bond acceptors (Lipinski definition) is 3. The highest BCUT2D eigenvalue weighted by atomic mass is 16.4. The number of carboxylic acid groups (broad SMARTS) is 1. The first kappa shape index (κ1) is 18.2. The van der Waals surface area contributed by atoms with Crippen molar-refractivity contribution in [1.82, 2.24) is 5.32 Å². The van der Waals surface area contributed by atoms with Gasteiger partial charge in [-0.3, -0.25) is 9.59 Å². The molecular formula is C19H25NO4.